The van der Waals surface area contributed by atoms with Gasteiger partial charge >= 0.3 is 6.61 Å². The van der Waals surface area contributed by atoms with Crippen molar-refractivity contribution in [2.24, 2.45) is 0 Å². The normalized spacial score (nSPS) is 18.4. The highest BCUT2D eigenvalue weighted by atomic mass is 19.3. The molecule has 2 aliphatic rings. The van der Waals surface area contributed by atoms with Crippen molar-refractivity contribution < 1.29 is 27.8 Å². The number of alkyl halides is 2. The Morgan fingerprint density at radius 2 is 1.93 bits per heavy atom. The fraction of sp³-hybridized carbons (Fsp3) is 0.318. The minimum Gasteiger partial charge on any atom is -0.486 e. The van der Waals surface area contributed by atoms with E-state index in [1.165, 1.54) is 18.2 Å². The molecule has 1 fully saturated rings. The van der Waals surface area contributed by atoms with Crippen LogP contribution < -0.4 is 14.2 Å². The molecule has 4 rings (SSSR count). The Kier molecular flexibility index (Phi) is 5.64. The monoisotopic (exact) mass is 401 g/mol. The molecule has 0 N–H and O–H groups in total. The zero-order chi connectivity index (χ0) is 20.2. The molecule has 0 spiro atoms. The summed E-state index contributed by atoms with van der Waals surface area (Å²) in [4.78, 5) is 14.6. The van der Waals surface area contributed by atoms with E-state index in [-0.39, 0.29) is 17.7 Å². The van der Waals surface area contributed by atoms with Gasteiger partial charge in [0, 0.05) is 18.2 Å². The number of hydrogen-bond acceptors (Lipinski definition) is 4. The number of ether oxygens (including phenoxy) is 3. The number of amides is 1. The molecule has 5 nitrogen and oxygen atoms in total. The second kappa shape index (κ2) is 8.51. The lowest BCUT2D eigenvalue weighted by Crippen LogP contribution is -2.29. The van der Waals surface area contributed by atoms with Gasteiger partial charge in [-0.05, 0) is 42.7 Å². The first-order valence-corrected chi connectivity index (χ1v) is 9.54. The van der Waals surface area contributed by atoms with Crippen molar-refractivity contribution in [2.45, 2.75) is 25.5 Å². The van der Waals surface area contributed by atoms with Crippen molar-refractivity contribution in [2.75, 3.05) is 19.8 Å². The minimum absolute atomic E-state index is 0.0383. The van der Waals surface area contributed by atoms with Gasteiger partial charge in [0.25, 0.3) is 0 Å². The predicted octanol–water partition coefficient (Wildman–Crippen LogP) is 4.44. The topological polar surface area (TPSA) is 48.0 Å². The van der Waals surface area contributed by atoms with Crippen LogP contribution in [0.25, 0.3) is 6.08 Å². The summed E-state index contributed by atoms with van der Waals surface area (Å²) >= 11 is 0. The second-order valence-electron chi connectivity index (χ2n) is 6.84. The Balaban J connectivity index is 1.51. The summed E-state index contributed by atoms with van der Waals surface area (Å²) in [5, 5.41) is 0. The van der Waals surface area contributed by atoms with E-state index in [0.717, 1.165) is 18.4 Å². The third kappa shape index (κ3) is 4.34. The first-order valence-electron chi connectivity index (χ1n) is 9.54. The molecule has 0 aliphatic carbocycles. The maximum absolute atomic E-state index is 12.8. The molecule has 152 valence electrons. The molecule has 7 heteroatoms. The first-order chi connectivity index (χ1) is 14.1. The maximum Gasteiger partial charge on any atom is 0.387 e. The molecule has 2 aromatic carbocycles. The average molecular weight is 401 g/mol. The zero-order valence-corrected chi connectivity index (χ0v) is 15.7. The molecule has 0 bridgehead atoms. The lowest BCUT2D eigenvalue weighted by Gasteiger charge is -2.26. The lowest BCUT2D eigenvalue weighted by molar-refractivity contribution is -0.126. The van der Waals surface area contributed by atoms with Gasteiger partial charge < -0.3 is 19.1 Å². The van der Waals surface area contributed by atoms with E-state index in [1.807, 2.05) is 18.2 Å². The van der Waals surface area contributed by atoms with E-state index in [0.29, 0.717) is 36.8 Å². The number of nitrogens with zero attached hydrogens (tertiary/aromatic N) is 1. The highest BCUT2D eigenvalue weighted by Gasteiger charge is 2.29. The molecule has 0 saturated carbocycles. The number of halogens is 2. The van der Waals surface area contributed by atoms with Crippen molar-refractivity contribution in [3.05, 3.63) is 59.7 Å². The van der Waals surface area contributed by atoms with Crippen LogP contribution in [0.3, 0.4) is 0 Å². The van der Waals surface area contributed by atoms with Crippen molar-refractivity contribution in [1.29, 1.82) is 0 Å². The fourth-order valence-corrected chi connectivity index (χ4v) is 3.72. The number of hydrogen-bond donors (Lipinski definition) is 0. The molecule has 2 aliphatic heterocycles. The van der Waals surface area contributed by atoms with Crippen molar-refractivity contribution in [3.63, 3.8) is 0 Å². The summed E-state index contributed by atoms with van der Waals surface area (Å²) < 4.78 is 40.8. The van der Waals surface area contributed by atoms with Crippen LogP contribution in [0.1, 0.15) is 30.0 Å². The van der Waals surface area contributed by atoms with Gasteiger partial charge in [-0.1, -0.05) is 24.3 Å². The van der Waals surface area contributed by atoms with Gasteiger partial charge in [-0.3, -0.25) is 4.79 Å². The van der Waals surface area contributed by atoms with Crippen molar-refractivity contribution in [3.8, 4) is 17.2 Å². The molecule has 1 atom stereocenters. The van der Waals surface area contributed by atoms with E-state index in [4.69, 9.17) is 9.47 Å². The molecule has 0 aromatic heterocycles. The summed E-state index contributed by atoms with van der Waals surface area (Å²) in [6, 6.07) is 12.1. The second-order valence-corrected chi connectivity index (χ2v) is 6.84. The van der Waals surface area contributed by atoms with Crippen molar-refractivity contribution in [1.82, 2.24) is 4.90 Å². The summed E-state index contributed by atoms with van der Waals surface area (Å²) in [5.41, 5.74) is 1.42. The van der Waals surface area contributed by atoms with Gasteiger partial charge in [0.1, 0.15) is 19.0 Å². The van der Waals surface area contributed by atoms with Crippen LogP contribution in [0.5, 0.6) is 17.2 Å². The van der Waals surface area contributed by atoms with Crippen LogP contribution in [0.15, 0.2) is 48.5 Å². The van der Waals surface area contributed by atoms with Gasteiger partial charge in [-0.2, -0.15) is 8.78 Å². The smallest absolute Gasteiger partial charge is 0.387 e. The predicted molar refractivity (Wildman–Crippen MR) is 103 cm³/mol. The lowest BCUT2D eigenvalue weighted by atomic mass is 10.0. The van der Waals surface area contributed by atoms with Crippen LogP contribution in [0.4, 0.5) is 8.78 Å². The van der Waals surface area contributed by atoms with Crippen LogP contribution in [0.2, 0.25) is 0 Å². The summed E-state index contributed by atoms with van der Waals surface area (Å²) in [6.07, 6.45) is 4.66. The third-order valence-electron chi connectivity index (χ3n) is 5.03. The van der Waals surface area contributed by atoms with Gasteiger partial charge in [0.05, 0.1) is 6.04 Å². The van der Waals surface area contributed by atoms with Gasteiger partial charge in [0.15, 0.2) is 11.5 Å². The Morgan fingerprint density at radius 1 is 1.14 bits per heavy atom. The highest BCUT2D eigenvalue weighted by Crippen LogP contribution is 2.38. The van der Waals surface area contributed by atoms with E-state index in [1.54, 1.807) is 23.1 Å². The third-order valence-corrected chi connectivity index (χ3v) is 5.03. The van der Waals surface area contributed by atoms with E-state index in [2.05, 4.69) is 4.74 Å². The standard InChI is InChI=1S/C22H21F2NO4/c23-22(24)29-18-6-2-1-4-15(18)8-10-21(26)25-11-3-5-17(25)16-7-9-19-20(14-16)28-13-12-27-19/h1-2,4,6-10,14,17,22H,3,5,11-13H2/b10-8+. The molecular weight excluding hydrogens is 380 g/mol. The number of rotatable bonds is 5. The quantitative estimate of drug-likeness (QED) is 0.696. The summed E-state index contributed by atoms with van der Waals surface area (Å²) in [5.74, 6) is 1.28. The maximum atomic E-state index is 12.8. The zero-order valence-electron chi connectivity index (χ0n) is 15.7. The number of carbonyl (C=O) groups excluding carboxylic acids is 1. The average Bonchev–Trinajstić information content (AvgIpc) is 3.22. The first kappa shape index (κ1) is 19.2. The van der Waals surface area contributed by atoms with E-state index >= 15 is 0 Å². The number of para-hydroxylation sites is 1. The van der Waals surface area contributed by atoms with E-state index in [9.17, 15) is 13.6 Å². The molecule has 29 heavy (non-hydrogen) atoms. The molecular formula is C22H21F2NO4. The number of fused-ring (bicyclic) bond motifs is 1. The largest absolute Gasteiger partial charge is 0.486 e. The molecule has 2 heterocycles. The Bertz CT molecular complexity index is 915. The summed E-state index contributed by atoms with van der Waals surface area (Å²) in [6.45, 7) is -1.25. The fourth-order valence-electron chi connectivity index (χ4n) is 3.72. The molecule has 0 radical (unpaired) electrons. The van der Waals surface area contributed by atoms with Crippen LogP contribution in [-0.2, 0) is 4.79 Å². The molecule has 2 aromatic rings. The molecule has 1 amide bonds. The molecule has 1 unspecified atom stereocenters. The van der Waals surface area contributed by atoms with Crippen LogP contribution >= 0.6 is 0 Å². The van der Waals surface area contributed by atoms with Crippen LogP contribution in [-0.4, -0.2) is 37.2 Å². The SMILES string of the molecule is O=C(/C=C/c1ccccc1OC(F)F)N1CCCC1c1ccc2c(c1)OCCO2. The number of benzene rings is 2. The Hall–Kier alpha value is -3.09. The minimum atomic E-state index is -2.92. The van der Waals surface area contributed by atoms with Gasteiger partial charge in [-0.15, -0.1) is 0 Å². The summed E-state index contributed by atoms with van der Waals surface area (Å²) in [7, 11) is 0. The van der Waals surface area contributed by atoms with Crippen LogP contribution in [0, 0.1) is 0 Å². The highest BCUT2D eigenvalue weighted by molar-refractivity contribution is 5.92. The molecule has 1 saturated heterocycles. The van der Waals surface area contributed by atoms with Crippen molar-refractivity contribution >= 4 is 12.0 Å². The number of carbonyl (C=O) groups is 1. The Morgan fingerprint density at radius 3 is 2.76 bits per heavy atom. The Labute approximate surface area is 167 Å². The van der Waals surface area contributed by atoms with E-state index < -0.39 is 6.61 Å². The number of likely N-dealkylation sites (tertiary alicyclic amines) is 1. The van der Waals surface area contributed by atoms with Gasteiger partial charge in [0.2, 0.25) is 5.91 Å². The van der Waals surface area contributed by atoms with Gasteiger partial charge in [-0.25, -0.2) is 0 Å².